The van der Waals surface area contributed by atoms with Crippen molar-refractivity contribution in [3.63, 3.8) is 0 Å². The van der Waals surface area contributed by atoms with Crippen LogP contribution in [0.15, 0.2) is 18.2 Å². The fraction of sp³-hybridized carbons (Fsp3) is 0.562. The molecule has 1 heterocycles. The van der Waals surface area contributed by atoms with E-state index in [1.807, 2.05) is 12.1 Å². The van der Waals surface area contributed by atoms with E-state index in [0.29, 0.717) is 24.9 Å². The van der Waals surface area contributed by atoms with Gasteiger partial charge in [0.25, 0.3) is 0 Å². The Morgan fingerprint density at radius 2 is 1.89 bits per heavy atom. The lowest BCUT2D eigenvalue weighted by Crippen LogP contribution is -2.12. The molecule has 0 radical (unpaired) electrons. The summed E-state index contributed by atoms with van der Waals surface area (Å²) in [6, 6.07) is 6.06. The first-order valence-corrected chi connectivity index (χ1v) is 7.05. The minimum atomic E-state index is 0.316. The summed E-state index contributed by atoms with van der Waals surface area (Å²) in [5, 5.41) is 0. The lowest BCUT2D eigenvalue weighted by Gasteiger charge is -2.20. The molecule has 2 aliphatic rings. The van der Waals surface area contributed by atoms with Crippen molar-refractivity contribution in [3.8, 4) is 0 Å². The van der Waals surface area contributed by atoms with Crippen molar-refractivity contribution in [2.75, 3.05) is 0 Å². The maximum absolute atomic E-state index is 12.3. The summed E-state index contributed by atoms with van der Waals surface area (Å²) in [4.78, 5) is 12.3. The van der Waals surface area contributed by atoms with Gasteiger partial charge in [-0.2, -0.15) is 0 Å². The van der Waals surface area contributed by atoms with E-state index in [2.05, 4.69) is 6.07 Å². The molecule has 0 aromatic heterocycles. The summed E-state index contributed by atoms with van der Waals surface area (Å²) in [5.41, 5.74) is 3.32. The van der Waals surface area contributed by atoms with Crippen LogP contribution in [-0.2, 0) is 18.0 Å². The number of hydrogen-bond donors (Lipinski definition) is 0. The van der Waals surface area contributed by atoms with E-state index in [1.54, 1.807) is 0 Å². The van der Waals surface area contributed by atoms with Crippen LogP contribution in [0.25, 0.3) is 0 Å². The van der Waals surface area contributed by atoms with Crippen LogP contribution < -0.4 is 0 Å². The number of ether oxygens (including phenoxy) is 1. The number of rotatable bonds is 3. The van der Waals surface area contributed by atoms with Gasteiger partial charge in [-0.05, 0) is 23.1 Å². The summed E-state index contributed by atoms with van der Waals surface area (Å²) in [6.07, 6.45) is 7.16. The lowest BCUT2D eigenvalue weighted by atomic mass is 9.84. The minimum Gasteiger partial charge on any atom is -0.372 e. The van der Waals surface area contributed by atoms with E-state index in [-0.39, 0.29) is 0 Å². The van der Waals surface area contributed by atoms with Crippen molar-refractivity contribution in [1.29, 1.82) is 0 Å². The molecule has 0 saturated heterocycles. The molecule has 0 unspecified atom stereocenters. The molecule has 96 valence electrons. The van der Waals surface area contributed by atoms with Crippen LogP contribution in [0.5, 0.6) is 0 Å². The van der Waals surface area contributed by atoms with Crippen LogP contribution >= 0.6 is 0 Å². The third kappa shape index (κ3) is 2.49. The van der Waals surface area contributed by atoms with Gasteiger partial charge < -0.3 is 4.74 Å². The first-order valence-electron chi connectivity index (χ1n) is 7.05. The van der Waals surface area contributed by atoms with Crippen molar-refractivity contribution in [2.24, 2.45) is 5.92 Å². The van der Waals surface area contributed by atoms with E-state index in [4.69, 9.17) is 4.74 Å². The molecule has 1 aromatic rings. The summed E-state index contributed by atoms with van der Waals surface area (Å²) >= 11 is 0. The Labute approximate surface area is 108 Å². The molecule has 2 nitrogen and oxygen atoms in total. The highest BCUT2D eigenvalue weighted by molar-refractivity contribution is 5.96. The van der Waals surface area contributed by atoms with Gasteiger partial charge in [-0.3, -0.25) is 4.79 Å². The predicted octanol–water partition coefficient (Wildman–Crippen LogP) is 3.87. The zero-order valence-corrected chi connectivity index (χ0v) is 10.8. The standard InChI is InChI=1S/C16H20O2/c17-16(8-12-4-2-1-3-5-12)13-6-7-14-10-18-11-15(14)9-13/h6-7,9,12H,1-5,8,10-11H2. The molecule has 0 spiro atoms. The average Bonchev–Trinajstić information content (AvgIpc) is 2.87. The maximum atomic E-state index is 12.3. The monoisotopic (exact) mass is 244 g/mol. The average molecular weight is 244 g/mol. The first kappa shape index (κ1) is 11.9. The van der Waals surface area contributed by atoms with Crippen molar-refractivity contribution < 1.29 is 9.53 Å². The Morgan fingerprint density at radius 1 is 1.11 bits per heavy atom. The van der Waals surface area contributed by atoms with Crippen molar-refractivity contribution in [3.05, 3.63) is 34.9 Å². The minimum absolute atomic E-state index is 0.316. The first-order chi connectivity index (χ1) is 8.83. The molecule has 1 aliphatic carbocycles. The molecule has 0 bridgehead atoms. The zero-order chi connectivity index (χ0) is 12.4. The van der Waals surface area contributed by atoms with Crippen molar-refractivity contribution >= 4 is 5.78 Å². The number of Topliss-reactive ketones (excluding diaryl/α,β-unsaturated/α-hetero) is 1. The maximum Gasteiger partial charge on any atom is 0.163 e. The Hall–Kier alpha value is -1.15. The Morgan fingerprint density at radius 3 is 2.72 bits per heavy atom. The summed E-state index contributed by atoms with van der Waals surface area (Å²) in [7, 11) is 0. The van der Waals surface area contributed by atoms with Gasteiger partial charge in [0, 0.05) is 12.0 Å². The van der Waals surface area contributed by atoms with Crippen molar-refractivity contribution in [1.82, 2.24) is 0 Å². The van der Waals surface area contributed by atoms with Crippen LogP contribution in [0.2, 0.25) is 0 Å². The van der Waals surface area contributed by atoms with Gasteiger partial charge in [-0.15, -0.1) is 0 Å². The summed E-state index contributed by atoms with van der Waals surface area (Å²) < 4.78 is 5.39. The Bertz CT molecular complexity index is 444. The second-order valence-electron chi connectivity index (χ2n) is 5.61. The molecule has 0 amide bonds. The number of hydrogen-bond acceptors (Lipinski definition) is 2. The highest BCUT2D eigenvalue weighted by Crippen LogP contribution is 2.28. The van der Waals surface area contributed by atoms with Gasteiger partial charge in [-0.25, -0.2) is 0 Å². The van der Waals surface area contributed by atoms with E-state index in [9.17, 15) is 4.79 Å². The molecule has 18 heavy (non-hydrogen) atoms. The third-order valence-electron chi connectivity index (χ3n) is 4.24. The predicted molar refractivity (Wildman–Crippen MR) is 70.5 cm³/mol. The van der Waals surface area contributed by atoms with Crippen LogP contribution in [0.4, 0.5) is 0 Å². The number of ketones is 1. The second kappa shape index (κ2) is 5.23. The van der Waals surface area contributed by atoms with Gasteiger partial charge in [0.15, 0.2) is 5.78 Å². The van der Waals surface area contributed by atoms with Crippen LogP contribution in [0.1, 0.15) is 60.0 Å². The van der Waals surface area contributed by atoms with E-state index in [1.165, 1.54) is 43.2 Å². The molecular weight excluding hydrogens is 224 g/mol. The number of carbonyl (C=O) groups is 1. The largest absolute Gasteiger partial charge is 0.372 e. The Kier molecular flexibility index (Phi) is 3.46. The zero-order valence-electron chi connectivity index (χ0n) is 10.8. The summed E-state index contributed by atoms with van der Waals surface area (Å²) in [6.45, 7) is 1.37. The number of fused-ring (bicyclic) bond motifs is 1. The molecule has 1 aliphatic heterocycles. The second-order valence-corrected chi connectivity index (χ2v) is 5.61. The summed E-state index contributed by atoms with van der Waals surface area (Å²) in [5.74, 6) is 0.937. The van der Waals surface area contributed by atoms with Gasteiger partial charge >= 0.3 is 0 Å². The van der Waals surface area contributed by atoms with E-state index >= 15 is 0 Å². The van der Waals surface area contributed by atoms with Crippen LogP contribution in [0, 0.1) is 5.92 Å². The molecular formula is C16H20O2. The molecule has 1 fully saturated rings. The topological polar surface area (TPSA) is 26.3 Å². The van der Waals surface area contributed by atoms with Gasteiger partial charge in [0.05, 0.1) is 13.2 Å². The molecule has 1 saturated carbocycles. The van der Waals surface area contributed by atoms with Crippen molar-refractivity contribution in [2.45, 2.75) is 51.7 Å². The van der Waals surface area contributed by atoms with Gasteiger partial charge in [0.2, 0.25) is 0 Å². The fourth-order valence-corrected chi connectivity index (χ4v) is 3.12. The molecule has 0 N–H and O–H groups in total. The molecule has 1 aromatic carbocycles. The third-order valence-corrected chi connectivity index (χ3v) is 4.24. The SMILES string of the molecule is O=C(CC1CCCCC1)c1ccc2c(c1)COC2. The molecule has 2 heteroatoms. The van der Waals surface area contributed by atoms with E-state index in [0.717, 1.165) is 12.0 Å². The number of carbonyl (C=O) groups excluding carboxylic acids is 1. The Balaban J connectivity index is 1.68. The molecule has 0 atom stereocenters. The molecule has 3 rings (SSSR count). The highest BCUT2D eigenvalue weighted by atomic mass is 16.5. The van der Waals surface area contributed by atoms with Gasteiger partial charge in [-0.1, -0.05) is 44.2 Å². The normalized spacial score (nSPS) is 19.8. The number of benzene rings is 1. The van der Waals surface area contributed by atoms with E-state index < -0.39 is 0 Å². The smallest absolute Gasteiger partial charge is 0.163 e. The quantitative estimate of drug-likeness (QED) is 0.754. The van der Waals surface area contributed by atoms with Crippen LogP contribution in [0.3, 0.4) is 0 Å². The van der Waals surface area contributed by atoms with Gasteiger partial charge in [0.1, 0.15) is 0 Å². The highest BCUT2D eigenvalue weighted by Gasteiger charge is 2.19. The fourth-order valence-electron chi connectivity index (χ4n) is 3.12. The lowest BCUT2D eigenvalue weighted by molar-refractivity contribution is 0.0950. The van der Waals surface area contributed by atoms with Crippen LogP contribution in [-0.4, -0.2) is 5.78 Å².